The summed E-state index contributed by atoms with van der Waals surface area (Å²) in [6.45, 7) is 4.26. The molecule has 1 rings (SSSR count). The second-order valence-electron chi connectivity index (χ2n) is 4.23. The van der Waals surface area contributed by atoms with Crippen molar-refractivity contribution in [1.82, 2.24) is 0 Å². The van der Waals surface area contributed by atoms with Gasteiger partial charge in [0, 0.05) is 5.56 Å². The summed E-state index contributed by atoms with van der Waals surface area (Å²) in [5.41, 5.74) is 0.121. The Morgan fingerprint density at radius 3 is 2.62 bits per heavy atom. The molecule has 0 heterocycles. The zero-order valence-electron chi connectivity index (χ0n) is 9.69. The molecular weight excluding hydrogens is 230 g/mol. The Hall–Kier alpha value is -0.630. The number of halogens is 3. The van der Waals surface area contributed by atoms with Gasteiger partial charge in [0.2, 0.25) is 0 Å². The zero-order valence-corrected chi connectivity index (χ0v) is 10.5. The molecule has 0 aliphatic rings. The summed E-state index contributed by atoms with van der Waals surface area (Å²) >= 11 is 5.61. The van der Waals surface area contributed by atoms with E-state index in [-0.39, 0.29) is 10.6 Å². The van der Waals surface area contributed by atoms with Gasteiger partial charge < -0.3 is 0 Å². The monoisotopic (exact) mass is 246 g/mol. The quantitative estimate of drug-likeness (QED) is 0.643. The standard InChI is InChI=1S/C13H17ClF2/c1-3-9(2)5-4-6-10-12(15)8-7-11(14)13(10)16/h7-9H,3-6H2,1-2H3. The van der Waals surface area contributed by atoms with E-state index in [2.05, 4.69) is 13.8 Å². The molecule has 0 saturated carbocycles. The molecule has 16 heavy (non-hydrogen) atoms. The molecule has 0 nitrogen and oxygen atoms in total. The predicted molar refractivity (Wildman–Crippen MR) is 63.8 cm³/mol. The van der Waals surface area contributed by atoms with Crippen LogP contribution in [0.25, 0.3) is 0 Å². The molecule has 0 aromatic heterocycles. The maximum Gasteiger partial charge on any atom is 0.147 e. The lowest BCUT2D eigenvalue weighted by Crippen LogP contribution is -1.99. The summed E-state index contributed by atoms with van der Waals surface area (Å²) in [7, 11) is 0. The second kappa shape index (κ2) is 6.19. The van der Waals surface area contributed by atoms with Gasteiger partial charge in [-0.15, -0.1) is 0 Å². The summed E-state index contributed by atoms with van der Waals surface area (Å²) in [6.07, 6.45) is 3.30. The van der Waals surface area contributed by atoms with Crippen LogP contribution in [0.2, 0.25) is 5.02 Å². The van der Waals surface area contributed by atoms with Gasteiger partial charge in [0.15, 0.2) is 0 Å². The molecule has 1 atom stereocenters. The summed E-state index contributed by atoms with van der Waals surface area (Å²) in [5, 5.41) is -0.0000556. The minimum Gasteiger partial charge on any atom is -0.207 e. The molecule has 1 unspecified atom stereocenters. The van der Waals surface area contributed by atoms with Crippen molar-refractivity contribution in [2.24, 2.45) is 5.92 Å². The molecule has 0 saturated heterocycles. The van der Waals surface area contributed by atoms with Gasteiger partial charge in [-0.2, -0.15) is 0 Å². The summed E-state index contributed by atoms with van der Waals surface area (Å²) in [4.78, 5) is 0. The average molecular weight is 247 g/mol. The van der Waals surface area contributed by atoms with Crippen molar-refractivity contribution in [3.63, 3.8) is 0 Å². The third kappa shape index (κ3) is 3.44. The van der Waals surface area contributed by atoms with Crippen molar-refractivity contribution < 1.29 is 8.78 Å². The summed E-state index contributed by atoms with van der Waals surface area (Å²) in [5.74, 6) is -0.498. The molecule has 1 aromatic rings. The molecule has 1 aromatic carbocycles. The molecule has 0 N–H and O–H groups in total. The predicted octanol–water partition coefficient (Wildman–Crippen LogP) is 4.99. The van der Waals surface area contributed by atoms with Gasteiger partial charge in [0.25, 0.3) is 0 Å². The molecular formula is C13H17ClF2. The van der Waals surface area contributed by atoms with Crippen molar-refractivity contribution in [3.8, 4) is 0 Å². The Morgan fingerprint density at radius 1 is 1.31 bits per heavy atom. The van der Waals surface area contributed by atoms with Crippen LogP contribution >= 0.6 is 11.6 Å². The van der Waals surface area contributed by atoms with Crippen LogP contribution in [-0.2, 0) is 6.42 Å². The molecule has 0 spiro atoms. The zero-order chi connectivity index (χ0) is 12.1. The maximum absolute atomic E-state index is 13.5. The van der Waals surface area contributed by atoms with E-state index in [0.717, 1.165) is 19.3 Å². The van der Waals surface area contributed by atoms with Gasteiger partial charge in [0.1, 0.15) is 11.6 Å². The minimum atomic E-state index is -0.606. The molecule has 0 fully saturated rings. The van der Waals surface area contributed by atoms with Gasteiger partial charge in [-0.1, -0.05) is 38.3 Å². The van der Waals surface area contributed by atoms with Gasteiger partial charge >= 0.3 is 0 Å². The highest BCUT2D eigenvalue weighted by molar-refractivity contribution is 6.30. The van der Waals surface area contributed by atoms with Crippen molar-refractivity contribution in [1.29, 1.82) is 0 Å². The molecule has 0 radical (unpaired) electrons. The van der Waals surface area contributed by atoms with E-state index in [1.54, 1.807) is 0 Å². The number of rotatable bonds is 5. The van der Waals surface area contributed by atoms with E-state index in [1.807, 2.05) is 0 Å². The van der Waals surface area contributed by atoms with Crippen molar-refractivity contribution in [2.75, 3.05) is 0 Å². The smallest absolute Gasteiger partial charge is 0.147 e. The fraction of sp³-hybridized carbons (Fsp3) is 0.538. The van der Waals surface area contributed by atoms with E-state index < -0.39 is 11.6 Å². The van der Waals surface area contributed by atoms with Crippen LogP contribution in [-0.4, -0.2) is 0 Å². The second-order valence-corrected chi connectivity index (χ2v) is 4.63. The molecule has 3 heteroatoms. The summed E-state index contributed by atoms with van der Waals surface area (Å²) < 4.78 is 26.8. The lowest BCUT2D eigenvalue weighted by molar-refractivity contribution is 0.482. The van der Waals surface area contributed by atoms with E-state index >= 15 is 0 Å². The van der Waals surface area contributed by atoms with Crippen molar-refractivity contribution >= 4 is 11.6 Å². The van der Waals surface area contributed by atoms with Crippen LogP contribution < -0.4 is 0 Å². The lowest BCUT2D eigenvalue weighted by Gasteiger charge is -2.09. The number of hydrogen-bond acceptors (Lipinski definition) is 0. The van der Waals surface area contributed by atoms with E-state index in [0.29, 0.717) is 12.3 Å². The maximum atomic E-state index is 13.5. The van der Waals surface area contributed by atoms with Gasteiger partial charge in [-0.25, -0.2) is 8.78 Å². The first-order chi connectivity index (χ1) is 7.56. The Kier molecular flexibility index (Phi) is 5.20. The minimum absolute atomic E-state index is 0.0000556. The first-order valence-corrected chi connectivity index (χ1v) is 6.06. The SMILES string of the molecule is CCC(C)CCCc1c(F)ccc(Cl)c1F. The topological polar surface area (TPSA) is 0 Å². The van der Waals surface area contributed by atoms with Gasteiger partial charge in [-0.3, -0.25) is 0 Å². The Bertz CT molecular complexity index is 350. The third-order valence-electron chi connectivity index (χ3n) is 2.96. The van der Waals surface area contributed by atoms with Crippen LogP contribution in [0.1, 0.15) is 38.7 Å². The molecule has 0 amide bonds. The van der Waals surface area contributed by atoms with Crippen molar-refractivity contribution in [2.45, 2.75) is 39.5 Å². The largest absolute Gasteiger partial charge is 0.207 e. The highest BCUT2D eigenvalue weighted by Crippen LogP contribution is 2.23. The van der Waals surface area contributed by atoms with Crippen LogP contribution in [0.3, 0.4) is 0 Å². The Balaban J connectivity index is 2.63. The fourth-order valence-electron chi connectivity index (χ4n) is 1.63. The third-order valence-corrected chi connectivity index (χ3v) is 3.25. The van der Waals surface area contributed by atoms with Gasteiger partial charge in [0.05, 0.1) is 5.02 Å². The number of hydrogen-bond donors (Lipinski definition) is 0. The molecule has 0 aliphatic carbocycles. The normalized spacial score (nSPS) is 12.8. The van der Waals surface area contributed by atoms with Crippen LogP contribution in [0.5, 0.6) is 0 Å². The van der Waals surface area contributed by atoms with E-state index in [1.165, 1.54) is 12.1 Å². The Morgan fingerprint density at radius 2 is 2.00 bits per heavy atom. The lowest BCUT2D eigenvalue weighted by atomic mass is 9.99. The molecule has 90 valence electrons. The number of benzene rings is 1. The summed E-state index contributed by atoms with van der Waals surface area (Å²) in [6, 6.07) is 2.48. The van der Waals surface area contributed by atoms with Gasteiger partial charge in [-0.05, 0) is 30.9 Å². The Labute approximate surface area is 101 Å². The molecule has 0 aliphatic heterocycles. The first kappa shape index (κ1) is 13.4. The van der Waals surface area contributed by atoms with Crippen LogP contribution in [0.4, 0.5) is 8.78 Å². The van der Waals surface area contributed by atoms with E-state index in [9.17, 15) is 8.78 Å². The average Bonchev–Trinajstić information content (AvgIpc) is 2.28. The highest BCUT2D eigenvalue weighted by Gasteiger charge is 2.12. The molecule has 0 bridgehead atoms. The fourth-order valence-corrected chi connectivity index (χ4v) is 1.81. The van der Waals surface area contributed by atoms with Crippen molar-refractivity contribution in [3.05, 3.63) is 34.4 Å². The highest BCUT2D eigenvalue weighted by atomic mass is 35.5. The first-order valence-electron chi connectivity index (χ1n) is 5.68. The van der Waals surface area contributed by atoms with Crippen LogP contribution in [0, 0.1) is 17.6 Å². The van der Waals surface area contributed by atoms with E-state index in [4.69, 9.17) is 11.6 Å². The van der Waals surface area contributed by atoms with Crippen LogP contribution in [0.15, 0.2) is 12.1 Å².